The van der Waals surface area contributed by atoms with Crippen molar-refractivity contribution in [1.29, 1.82) is 0 Å². The summed E-state index contributed by atoms with van der Waals surface area (Å²) in [6.45, 7) is 1.56. The van der Waals surface area contributed by atoms with E-state index in [2.05, 4.69) is 0 Å². The number of hydrogen-bond donors (Lipinski definition) is 0. The van der Waals surface area contributed by atoms with Crippen LogP contribution in [0.1, 0.15) is 30.2 Å². The molecule has 0 saturated carbocycles. The fourth-order valence-electron chi connectivity index (χ4n) is 2.12. The summed E-state index contributed by atoms with van der Waals surface area (Å²) in [4.78, 5) is 14.1. The minimum atomic E-state index is -0.755. The van der Waals surface area contributed by atoms with Crippen LogP contribution in [0, 0.1) is 0 Å². The van der Waals surface area contributed by atoms with Crippen molar-refractivity contribution in [2.75, 3.05) is 13.1 Å². The predicted octanol–water partition coefficient (Wildman–Crippen LogP) is 4.29. The number of amides is 1. The molecule has 0 radical (unpaired) electrons. The zero-order valence-electron chi connectivity index (χ0n) is 9.83. The molecule has 1 heterocycles. The number of likely N-dealkylation sites (tertiary alicyclic amines) is 1. The fraction of sp³-hybridized carbons (Fsp3) is 0.462. The molecule has 5 heteroatoms. The van der Waals surface area contributed by atoms with Crippen molar-refractivity contribution in [3.8, 4) is 0 Å². The van der Waals surface area contributed by atoms with Gasteiger partial charge in [-0.2, -0.15) is 0 Å². The molecular formula is C13H14Cl3NO. The van der Waals surface area contributed by atoms with Crippen LogP contribution in [0.4, 0.5) is 0 Å². The molecule has 1 amide bonds. The molecule has 0 N–H and O–H groups in total. The van der Waals surface area contributed by atoms with Crippen molar-refractivity contribution in [3.05, 3.63) is 33.8 Å². The van der Waals surface area contributed by atoms with Gasteiger partial charge in [-0.1, -0.05) is 35.3 Å². The van der Waals surface area contributed by atoms with Crippen LogP contribution >= 0.6 is 34.8 Å². The highest BCUT2D eigenvalue weighted by Gasteiger charge is 2.27. The first-order valence-electron chi connectivity index (χ1n) is 5.98. The zero-order valence-corrected chi connectivity index (χ0v) is 12.1. The number of carbonyl (C=O) groups is 1. The van der Waals surface area contributed by atoms with Crippen LogP contribution < -0.4 is 0 Å². The molecule has 0 aliphatic carbocycles. The Morgan fingerprint density at radius 2 is 1.83 bits per heavy atom. The van der Waals surface area contributed by atoms with E-state index in [1.54, 1.807) is 23.1 Å². The predicted molar refractivity (Wildman–Crippen MR) is 75.5 cm³/mol. The number of alkyl halides is 1. The van der Waals surface area contributed by atoms with Gasteiger partial charge in [0.2, 0.25) is 5.91 Å². The van der Waals surface area contributed by atoms with Crippen LogP contribution in [0.3, 0.4) is 0 Å². The standard InChI is InChI=1S/C13H14Cl3NO/c14-10-6-4-5-9(11(10)15)12(16)13(18)17-7-2-1-3-8-17/h4-6,12H,1-3,7-8H2. The molecule has 0 aromatic heterocycles. The molecule has 1 atom stereocenters. The maximum Gasteiger partial charge on any atom is 0.245 e. The van der Waals surface area contributed by atoms with Crippen molar-refractivity contribution in [2.45, 2.75) is 24.6 Å². The third-order valence-corrected chi connectivity index (χ3v) is 4.39. The molecule has 1 aromatic rings. The molecule has 0 spiro atoms. The summed E-state index contributed by atoms with van der Waals surface area (Å²) in [5.74, 6) is -0.0828. The third kappa shape index (κ3) is 2.93. The summed E-state index contributed by atoms with van der Waals surface area (Å²) in [5.41, 5.74) is 0.585. The second-order valence-corrected chi connectivity index (χ2v) is 5.61. The highest BCUT2D eigenvalue weighted by molar-refractivity contribution is 6.43. The van der Waals surface area contributed by atoms with Gasteiger partial charge in [0, 0.05) is 13.1 Å². The van der Waals surface area contributed by atoms with Crippen LogP contribution in [0.2, 0.25) is 10.0 Å². The quantitative estimate of drug-likeness (QED) is 0.747. The van der Waals surface area contributed by atoms with E-state index in [0.717, 1.165) is 25.9 Å². The molecule has 18 heavy (non-hydrogen) atoms. The van der Waals surface area contributed by atoms with E-state index in [-0.39, 0.29) is 5.91 Å². The summed E-state index contributed by atoms with van der Waals surface area (Å²) < 4.78 is 0. The Morgan fingerprint density at radius 3 is 2.50 bits per heavy atom. The smallest absolute Gasteiger partial charge is 0.245 e. The van der Waals surface area contributed by atoms with Crippen molar-refractivity contribution in [3.63, 3.8) is 0 Å². The number of halogens is 3. The number of hydrogen-bond acceptors (Lipinski definition) is 1. The Morgan fingerprint density at radius 1 is 1.17 bits per heavy atom. The van der Waals surface area contributed by atoms with E-state index in [1.807, 2.05) is 0 Å². The SMILES string of the molecule is O=C(C(Cl)c1cccc(Cl)c1Cl)N1CCCCC1. The van der Waals surface area contributed by atoms with Gasteiger partial charge in [-0.3, -0.25) is 4.79 Å². The fourth-order valence-corrected chi connectivity index (χ4v) is 2.92. The Kier molecular flexibility index (Phi) is 4.77. The molecule has 1 saturated heterocycles. The Labute approximate surface area is 122 Å². The molecular weight excluding hydrogens is 293 g/mol. The van der Waals surface area contributed by atoms with Crippen molar-refractivity contribution >= 4 is 40.7 Å². The van der Waals surface area contributed by atoms with Crippen LogP contribution in [0.5, 0.6) is 0 Å². The Balaban J connectivity index is 2.17. The minimum absolute atomic E-state index is 0.0828. The van der Waals surface area contributed by atoms with E-state index in [0.29, 0.717) is 15.6 Å². The number of benzene rings is 1. The Hall–Kier alpha value is -0.440. The van der Waals surface area contributed by atoms with E-state index in [4.69, 9.17) is 34.8 Å². The highest BCUT2D eigenvalue weighted by atomic mass is 35.5. The maximum atomic E-state index is 12.3. The lowest BCUT2D eigenvalue weighted by molar-refractivity contribution is -0.131. The Bertz CT molecular complexity index is 444. The second-order valence-electron chi connectivity index (χ2n) is 4.39. The summed E-state index contributed by atoms with van der Waals surface area (Å²) in [6.07, 6.45) is 3.26. The van der Waals surface area contributed by atoms with Crippen LogP contribution in [-0.2, 0) is 4.79 Å². The second kappa shape index (κ2) is 6.14. The highest BCUT2D eigenvalue weighted by Crippen LogP contribution is 2.34. The monoisotopic (exact) mass is 305 g/mol. The molecule has 2 nitrogen and oxygen atoms in total. The molecule has 1 aliphatic rings. The van der Waals surface area contributed by atoms with Crippen molar-refractivity contribution in [1.82, 2.24) is 4.90 Å². The lowest BCUT2D eigenvalue weighted by atomic mass is 10.1. The summed E-state index contributed by atoms with van der Waals surface area (Å²) in [6, 6.07) is 5.18. The largest absolute Gasteiger partial charge is 0.341 e. The van der Waals surface area contributed by atoms with Gasteiger partial charge in [0.1, 0.15) is 5.38 Å². The lowest BCUT2D eigenvalue weighted by Gasteiger charge is -2.28. The first-order chi connectivity index (χ1) is 8.61. The summed E-state index contributed by atoms with van der Waals surface area (Å²) in [5, 5.41) is 0.0325. The third-order valence-electron chi connectivity index (χ3n) is 3.14. The number of piperidine rings is 1. The molecule has 1 aromatic carbocycles. The first-order valence-corrected chi connectivity index (χ1v) is 7.17. The normalized spacial score (nSPS) is 17.6. The summed E-state index contributed by atoms with van der Waals surface area (Å²) >= 11 is 18.2. The average molecular weight is 307 g/mol. The van der Waals surface area contributed by atoms with E-state index >= 15 is 0 Å². The average Bonchev–Trinajstić information content (AvgIpc) is 2.41. The first kappa shape index (κ1) is 14.0. The number of rotatable bonds is 2. The van der Waals surface area contributed by atoms with Gasteiger partial charge in [-0.15, -0.1) is 11.6 Å². The van der Waals surface area contributed by atoms with Crippen LogP contribution in [-0.4, -0.2) is 23.9 Å². The van der Waals surface area contributed by atoms with Gasteiger partial charge in [0.25, 0.3) is 0 Å². The van der Waals surface area contributed by atoms with Gasteiger partial charge in [-0.05, 0) is 30.9 Å². The number of carbonyl (C=O) groups excluding carboxylic acids is 1. The van der Waals surface area contributed by atoms with Crippen LogP contribution in [0.25, 0.3) is 0 Å². The molecule has 98 valence electrons. The van der Waals surface area contributed by atoms with Gasteiger partial charge in [-0.25, -0.2) is 0 Å². The molecule has 2 rings (SSSR count). The van der Waals surface area contributed by atoms with Crippen LogP contribution in [0.15, 0.2) is 18.2 Å². The number of nitrogens with zero attached hydrogens (tertiary/aromatic N) is 1. The van der Waals surface area contributed by atoms with Gasteiger partial charge in [0.15, 0.2) is 0 Å². The molecule has 1 aliphatic heterocycles. The molecule has 0 bridgehead atoms. The molecule has 1 fully saturated rings. The maximum absolute atomic E-state index is 12.3. The van der Waals surface area contributed by atoms with Crippen molar-refractivity contribution < 1.29 is 4.79 Å². The van der Waals surface area contributed by atoms with E-state index < -0.39 is 5.38 Å². The van der Waals surface area contributed by atoms with Crippen molar-refractivity contribution in [2.24, 2.45) is 0 Å². The van der Waals surface area contributed by atoms with Gasteiger partial charge >= 0.3 is 0 Å². The van der Waals surface area contributed by atoms with E-state index in [1.165, 1.54) is 6.42 Å². The topological polar surface area (TPSA) is 20.3 Å². The zero-order chi connectivity index (χ0) is 13.1. The lowest BCUT2D eigenvalue weighted by Crippen LogP contribution is -2.37. The molecule has 1 unspecified atom stereocenters. The minimum Gasteiger partial charge on any atom is -0.341 e. The van der Waals surface area contributed by atoms with Gasteiger partial charge < -0.3 is 4.90 Å². The summed E-state index contributed by atoms with van der Waals surface area (Å²) in [7, 11) is 0. The van der Waals surface area contributed by atoms with Gasteiger partial charge in [0.05, 0.1) is 10.0 Å². The van der Waals surface area contributed by atoms with E-state index in [9.17, 15) is 4.79 Å².